The van der Waals surface area contributed by atoms with E-state index in [0.29, 0.717) is 5.82 Å². The van der Waals surface area contributed by atoms with Gasteiger partial charge in [0.25, 0.3) is 0 Å². The molecule has 0 fully saturated rings. The summed E-state index contributed by atoms with van der Waals surface area (Å²) in [5, 5.41) is 3.48. The van der Waals surface area contributed by atoms with Gasteiger partial charge in [0, 0.05) is 33.0 Å². The molecular formula is C60H39N3. The monoisotopic (exact) mass is 801 g/mol. The fourth-order valence-corrected chi connectivity index (χ4v) is 9.85. The zero-order chi connectivity index (χ0) is 41.7. The van der Waals surface area contributed by atoms with Gasteiger partial charge >= 0.3 is 0 Å². The molecule has 0 atom stereocenters. The summed E-state index contributed by atoms with van der Waals surface area (Å²) in [6.07, 6.45) is 0. The van der Waals surface area contributed by atoms with E-state index in [2.05, 4.69) is 200 Å². The molecule has 1 aliphatic carbocycles. The Morgan fingerprint density at radius 3 is 1.52 bits per heavy atom. The van der Waals surface area contributed by atoms with E-state index in [9.17, 15) is 0 Å². The normalized spacial score (nSPS) is 12.6. The van der Waals surface area contributed by atoms with Crippen LogP contribution in [0.15, 0.2) is 237 Å². The second-order valence-corrected chi connectivity index (χ2v) is 16.3. The Kier molecular flexibility index (Phi) is 8.72. The minimum Gasteiger partial charge on any atom is -0.247 e. The molecule has 0 aliphatic heterocycles. The molecule has 0 radical (unpaired) electrons. The molecule has 1 aliphatic rings. The summed E-state index contributed by atoms with van der Waals surface area (Å²) in [5.74, 6) is 0.707. The highest BCUT2D eigenvalue weighted by atomic mass is 14.9. The molecule has 63 heavy (non-hydrogen) atoms. The van der Waals surface area contributed by atoms with E-state index in [1.807, 2.05) is 36.4 Å². The van der Waals surface area contributed by atoms with Gasteiger partial charge in [-0.3, -0.25) is 0 Å². The summed E-state index contributed by atoms with van der Waals surface area (Å²) in [6.45, 7) is 0. The lowest BCUT2D eigenvalue weighted by molar-refractivity contribution is 0.769. The van der Waals surface area contributed by atoms with Gasteiger partial charge in [-0.15, -0.1) is 0 Å². The van der Waals surface area contributed by atoms with E-state index in [1.165, 1.54) is 38.8 Å². The van der Waals surface area contributed by atoms with Crippen molar-refractivity contribution < 1.29 is 0 Å². The van der Waals surface area contributed by atoms with Gasteiger partial charge in [-0.25, -0.2) is 15.0 Å². The minimum atomic E-state index is -0.511. The van der Waals surface area contributed by atoms with Crippen molar-refractivity contribution in [3.8, 4) is 67.4 Å². The van der Waals surface area contributed by atoms with Crippen molar-refractivity contribution in [1.82, 2.24) is 15.0 Å². The molecule has 2 heterocycles. The van der Waals surface area contributed by atoms with Gasteiger partial charge in [0.05, 0.1) is 28.0 Å². The summed E-state index contributed by atoms with van der Waals surface area (Å²) in [7, 11) is 0. The van der Waals surface area contributed by atoms with Gasteiger partial charge in [0.15, 0.2) is 5.82 Å². The lowest BCUT2D eigenvalue weighted by Crippen LogP contribution is -2.28. The van der Waals surface area contributed by atoms with Crippen LogP contribution in [0.5, 0.6) is 0 Å². The Balaban J connectivity index is 1.01. The van der Waals surface area contributed by atoms with Crippen molar-refractivity contribution in [3.05, 3.63) is 259 Å². The first kappa shape index (κ1) is 36.6. The van der Waals surface area contributed by atoms with Crippen LogP contribution >= 0.6 is 0 Å². The van der Waals surface area contributed by atoms with Crippen molar-refractivity contribution in [3.63, 3.8) is 0 Å². The van der Waals surface area contributed by atoms with Crippen molar-refractivity contribution in [1.29, 1.82) is 0 Å². The molecular weight excluding hydrogens is 763 g/mol. The van der Waals surface area contributed by atoms with E-state index in [0.717, 1.165) is 66.8 Å². The highest BCUT2D eigenvalue weighted by molar-refractivity contribution is 6.13. The molecule has 0 saturated heterocycles. The predicted octanol–water partition coefficient (Wildman–Crippen LogP) is 14.9. The average Bonchev–Trinajstić information content (AvgIpc) is 3.66. The Hall–Kier alpha value is -8.27. The van der Waals surface area contributed by atoms with Crippen molar-refractivity contribution in [2.24, 2.45) is 0 Å². The molecule has 0 saturated carbocycles. The Morgan fingerprint density at radius 2 is 0.825 bits per heavy atom. The van der Waals surface area contributed by atoms with Crippen LogP contribution < -0.4 is 0 Å². The quantitative estimate of drug-likeness (QED) is 0.151. The summed E-state index contributed by atoms with van der Waals surface area (Å²) in [6, 6.07) is 84.6. The zero-order valence-corrected chi connectivity index (χ0v) is 34.4. The topological polar surface area (TPSA) is 38.7 Å². The SMILES string of the molecule is c1ccc(-c2cc(-c3ccc(-c4cccc(-c5nc6ccccc6c6cc7c(cc56)C(c5ccccc5)(c5ccccc5)c5ccccc5-7)c4)cc3)nc(-c3ccccc3)n2)cc1. The molecule has 0 N–H and O–H groups in total. The number of pyridine rings is 1. The maximum atomic E-state index is 5.48. The first-order chi connectivity index (χ1) is 31.2. The number of para-hydroxylation sites is 1. The summed E-state index contributed by atoms with van der Waals surface area (Å²) >= 11 is 0. The Bertz CT molecular complexity index is 3380. The van der Waals surface area contributed by atoms with E-state index >= 15 is 0 Å². The molecule has 294 valence electrons. The smallest absolute Gasteiger partial charge is 0.160 e. The summed E-state index contributed by atoms with van der Waals surface area (Å²) in [4.78, 5) is 15.6. The molecule has 3 heteroatoms. The molecule has 2 aromatic heterocycles. The van der Waals surface area contributed by atoms with Crippen LogP contribution in [-0.2, 0) is 5.41 Å². The third-order valence-electron chi connectivity index (χ3n) is 12.8. The van der Waals surface area contributed by atoms with E-state index in [-0.39, 0.29) is 0 Å². The zero-order valence-electron chi connectivity index (χ0n) is 34.4. The van der Waals surface area contributed by atoms with Crippen LogP contribution in [-0.4, -0.2) is 15.0 Å². The number of rotatable bonds is 7. The van der Waals surface area contributed by atoms with E-state index in [1.54, 1.807) is 0 Å². The first-order valence-electron chi connectivity index (χ1n) is 21.5. The third kappa shape index (κ3) is 6.08. The maximum Gasteiger partial charge on any atom is 0.160 e. The van der Waals surface area contributed by atoms with Gasteiger partial charge in [-0.05, 0) is 80.2 Å². The largest absolute Gasteiger partial charge is 0.247 e. The minimum absolute atomic E-state index is 0.511. The van der Waals surface area contributed by atoms with Crippen molar-refractivity contribution in [2.45, 2.75) is 5.41 Å². The summed E-state index contributed by atoms with van der Waals surface area (Å²) in [5.41, 5.74) is 17.2. The van der Waals surface area contributed by atoms with Crippen molar-refractivity contribution >= 4 is 21.7 Å². The highest BCUT2D eigenvalue weighted by Gasteiger charge is 2.46. The van der Waals surface area contributed by atoms with Gasteiger partial charge in [-0.1, -0.05) is 206 Å². The first-order valence-corrected chi connectivity index (χ1v) is 21.5. The number of hydrogen-bond donors (Lipinski definition) is 0. The average molecular weight is 802 g/mol. The second kappa shape index (κ2) is 15.0. The van der Waals surface area contributed by atoms with Gasteiger partial charge in [0.1, 0.15) is 0 Å². The van der Waals surface area contributed by atoms with Crippen LogP contribution in [0.3, 0.4) is 0 Å². The Labute approximate surface area is 366 Å². The highest BCUT2D eigenvalue weighted by Crippen LogP contribution is 2.57. The Morgan fingerprint density at radius 1 is 0.286 bits per heavy atom. The molecule has 12 rings (SSSR count). The van der Waals surface area contributed by atoms with Crippen molar-refractivity contribution in [2.75, 3.05) is 0 Å². The number of aromatic nitrogens is 3. The van der Waals surface area contributed by atoms with Crippen LogP contribution in [0.4, 0.5) is 0 Å². The fraction of sp³-hybridized carbons (Fsp3) is 0.0167. The number of nitrogens with zero attached hydrogens (tertiary/aromatic N) is 3. The molecule has 0 amide bonds. The lowest BCUT2D eigenvalue weighted by Gasteiger charge is -2.34. The molecule has 0 unspecified atom stereocenters. The molecule has 9 aromatic carbocycles. The standard InChI is InChI=1S/C60H39N3/c1-5-18-41(19-6-1)56-39-57(63-59(62-56)43-20-7-2-8-21-43)42-34-32-40(33-35-42)44-22-17-23-45(36-44)58-52-38-54-51(37-50(52)49-29-14-16-31-55(49)61-58)48-28-13-15-30-53(48)60(54,46-24-9-3-10-25-46)47-26-11-4-12-27-47/h1-39H. The van der Waals surface area contributed by atoms with E-state index in [4.69, 9.17) is 15.0 Å². The predicted molar refractivity (Wildman–Crippen MR) is 259 cm³/mol. The molecule has 3 nitrogen and oxygen atoms in total. The number of benzene rings is 9. The molecule has 11 aromatic rings. The molecule has 0 spiro atoms. The fourth-order valence-electron chi connectivity index (χ4n) is 9.85. The number of fused-ring (bicyclic) bond motifs is 6. The number of hydrogen-bond acceptors (Lipinski definition) is 3. The summed E-state index contributed by atoms with van der Waals surface area (Å²) < 4.78 is 0. The van der Waals surface area contributed by atoms with Gasteiger partial charge in [0.2, 0.25) is 0 Å². The third-order valence-corrected chi connectivity index (χ3v) is 12.8. The van der Waals surface area contributed by atoms with Crippen LogP contribution in [0.25, 0.3) is 89.1 Å². The van der Waals surface area contributed by atoms with Crippen LogP contribution in [0.1, 0.15) is 22.3 Å². The molecule has 0 bridgehead atoms. The lowest BCUT2D eigenvalue weighted by atomic mass is 9.67. The van der Waals surface area contributed by atoms with Crippen LogP contribution in [0.2, 0.25) is 0 Å². The van der Waals surface area contributed by atoms with Gasteiger partial charge in [-0.2, -0.15) is 0 Å². The van der Waals surface area contributed by atoms with Gasteiger partial charge < -0.3 is 0 Å². The second-order valence-electron chi connectivity index (χ2n) is 16.3. The van der Waals surface area contributed by atoms with E-state index < -0.39 is 5.41 Å². The van der Waals surface area contributed by atoms with Crippen LogP contribution in [0, 0.1) is 0 Å². The maximum absolute atomic E-state index is 5.48.